The Morgan fingerprint density at radius 1 is 0.875 bits per heavy atom. The highest BCUT2D eigenvalue weighted by atomic mass is 79.9. The van der Waals surface area contributed by atoms with Gasteiger partial charge in [0.2, 0.25) is 0 Å². The van der Waals surface area contributed by atoms with Gasteiger partial charge in [0.1, 0.15) is 0 Å². The van der Waals surface area contributed by atoms with Crippen LogP contribution < -0.4 is 11.5 Å². The molecule has 0 radical (unpaired) electrons. The van der Waals surface area contributed by atoms with Gasteiger partial charge in [-0.15, -0.1) is 12.6 Å². The topological polar surface area (TPSA) is 52.0 Å². The highest BCUT2D eigenvalue weighted by molar-refractivity contribution is 9.10. The molecule has 0 heterocycles. The minimum absolute atomic E-state index is 0.780. The maximum Gasteiger partial charge on any atom is 0.0325 e. The highest BCUT2D eigenvalue weighted by Gasteiger charge is 1.83. The molecule has 2 aromatic carbocycles. The zero-order valence-corrected chi connectivity index (χ0v) is 11.1. The van der Waals surface area contributed by atoms with E-state index in [2.05, 4.69) is 28.6 Å². The second-order valence-corrected chi connectivity index (χ2v) is 4.58. The molecular formula is C12H13BrN2S. The molecule has 16 heavy (non-hydrogen) atoms. The first-order chi connectivity index (χ1) is 7.58. The van der Waals surface area contributed by atoms with Crippen molar-refractivity contribution in [2.75, 3.05) is 11.5 Å². The number of anilines is 2. The van der Waals surface area contributed by atoms with E-state index >= 15 is 0 Å². The van der Waals surface area contributed by atoms with Crippen molar-refractivity contribution in [2.24, 2.45) is 0 Å². The van der Waals surface area contributed by atoms with Crippen LogP contribution in [0.15, 0.2) is 57.9 Å². The Balaban J connectivity index is 0.000000160. The first-order valence-corrected chi connectivity index (χ1v) is 5.87. The molecule has 0 aliphatic rings. The van der Waals surface area contributed by atoms with Crippen LogP contribution in [-0.2, 0) is 0 Å². The zero-order chi connectivity index (χ0) is 12.0. The van der Waals surface area contributed by atoms with Crippen LogP contribution in [0.4, 0.5) is 11.4 Å². The predicted octanol–water partition coefficient (Wildman–Crippen LogP) is 3.59. The van der Waals surface area contributed by atoms with E-state index in [1.165, 1.54) is 0 Å². The fraction of sp³-hybridized carbons (Fsp3) is 0. The number of rotatable bonds is 0. The Bertz CT molecular complexity index is 405. The quantitative estimate of drug-likeness (QED) is 0.514. The molecule has 0 amide bonds. The van der Waals surface area contributed by atoms with Crippen LogP contribution in [0.25, 0.3) is 0 Å². The van der Waals surface area contributed by atoms with Gasteiger partial charge in [0.25, 0.3) is 0 Å². The van der Waals surface area contributed by atoms with Gasteiger partial charge in [-0.1, -0.05) is 22.0 Å². The molecule has 0 aliphatic carbocycles. The highest BCUT2D eigenvalue weighted by Crippen LogP contribution is 2.11. The number of benzene rings is 2. The first-order valence-electron chi connectivity index (χ1n) is 4.63. The molecule has 0 aromatic heterocycles. The molecule has 0 unspecified atom stereocenters. The molecule has 0 saturated heterocycles. The molecular weight excluding hydrogens is 284 g/mol. The average Bonchev–Trinajstić information content (AvgIpc) is 2.23. The Labute approximate surface area is 109 Å². The van der Waals surface area contributed by atoms with Gasteiger partial charge >= 0.3 is 0 Å². The normalized spacial score (nSPS) is 9.12. The molecule has 0 fully saturated rings. The lowest BCUT2D eigenvalue weighted by Crippen LogP contribution is -1.80. The fourth-order valence-electron chi connectivity index (χ4n) is 0.981. The molecule has 0 spiro atoms. The van der Waals surface area contributed by atoms with Gasteiger partial charge in [0, 0.05) is 20.7 Å². The molecule has 0 aliphatic heterocycles. The Kier molecular flexibility index (Phi) is 5.22. The van der Waals surface area contributed by atoms with Gasteiger partial charge in [-0.05, 0) is 42.5 Å². The summed E-state index contributed by atoms with van der Waals surface area (Å²) >= 11 is 7.36. The minimum atomic E-state index is 0.780. The molecule has 84 valence electrons. The number of nitrogens with two attached hydrogens (primary N) is 2. The van der Waals surface area contributed by atoms with E-state index < -0.39 is 0 Å². The van der Waals surface area contributed by atoms with Crippen molar-refractivity contribution in [3.8, 4) is 0 Å². The van der Waals surface area contributed by atoms with Crippen molar-refractivity contribution in [1.29, 1.82) is 0 Å². The van der Waals surface area contributed by atoms with Crippen molar-refractivity contribution in [3.63, 3.8) is 0 Å². The van der Waals surface area contributed by atoms with Crippen molar-refractivity contribution >= 4 is 39.9 Å². The lowest BCUT2D eigenvalue weighted by Gasteiger charge is -1.89. The molecule has 0 atom stereocenters. The van der Waals surface area contributed by atoms with Crippen LogP contribution >= 0.6 is 28.6 Å². The minimum Gasteiger partial charge on any atom is -0.399 e. The lowest BCUT2D eigenvalue weighted by atomic mass is 10.3. The molecule has 0 bridgehead atoms. The largest absolute Gasteiger partial charge is 0.399 e. The summed E-state index contributed by atoms with van der Waals surface area (Å²) in [6.07, 6.45) is 0. The van der Waals surface area contributed by atoms with Gasteiger partial charge in [-0.2, -0.15) is 0 Å². The average molecular weight is 297 g/mol. The van der Waals surface area contributed by atoms with Crippen molar-refractivity contribution < 1.29 is 0 Å². The van der Waals surface area contributed by atoms with E-state index in [0.29, 0.717) is 0 Å². The predicted molar refractivity (Wildman–Crippen MR) is 76.7 cm³/mol. The number of nitrogen functional groups attached to an aromatic ring is 2. The third-order valence-electron chi connectivity index (χ3n) is 1.74. The Morgan fingerprint density at radius 2 is 1.50 bits per heavy atom. The SMILES string of the molecule is Nc1ccc(S)cc1.Nc1cccc(Br)c1. The van der Waals surface area contributed by atoms with Crippen LogP contribution in [0.5, 0.6) is 0 Å². The zero-order valence-electron chi connectivity index (χ0n) is 8.60. The first kappa shape index (κ1) is 12.9. The van der Waals surface area contributed by atoms with Crippen LogP contribution in [0.1, 0.15) is 0 Å². The summed E-state index contributed by atoms with van der Waals surface area (Å²) in [5.41, 5.74) is 12.4. The molecule has 2 rings (SSSR count). The summed E-state index contributed by atoms with van der Waals surface area (Å²) in [6.45, 7) is 0. The third kappa shape index (κ3) is 5.09. The number of halogens is 1. The second kappa shape index (κ2) is 6.45. The molecule has 2 nitrogen and oxygen atoms in total. The summed E-state index contributed by atoms with van der Waals surface area (Å²) in [4.78, 5) is 0.944. The maximum atomic E-state index is 5.43. The van der Waals surface area contributed by atoms with Crippen molar-refractivity contribution in [3.05, 3.63) is 53.0 Å². The summed E-state index contributed by atoms with van der Waals surface area (Å²) in [6, 6.07) is 14.9. The summed E-state index contributed by atoms with van der Waals surface area (Å²) in [7, 11) is 0. The Morgan fingerprint density at radius 3 is 1.88 bits per heavy atom. The number of hydrogen-bond acceptors (Lipinski definition) is 3. The van der Waals surface area contributed by atoms with E-state index in [1.807, 2.05) is 48.5 Å². The molecule has 4 heteroatoms. The van der Waals surface area contributed by atoms with Crippen LogP contribution in [0.3, 0.4) is 0 Å². The van der Waals surface area contributed by atoms with Crippen LogP contribution in [0.2, 0.25) is 0 Å². The summed E-state index contributed by atoms with van der Waals surface area (Å²) in [5.74, 6) is 0. The number of thiol groups is 1. The smallest absolute Gasteiger partial charge is 0.0325 e. The van der Waals surface area contributed by atoms with E-state index in [-0.39, 0.29) is 0 Å². The molecule has 0 saturated carbocycles. The second-order valence-electron chi connectivity index (χ2n) is 3.15. The van der Waals surface area contributed by atoms with Crippen molar-refractivity contribution in [1.82, 2.24) is 0 Å². The molecule has 4 N–H and O–H groups in total. The Hall–Kier alpha value is -1.13. The third-order valence-corrected chi connectivity index (χ3v) is 2.53. The van der Waals surface area contributed by atoms with E-state index in [0.717, 1.165) is 20.7 Å². The van der Waals surface area contributed by atoms with E-state index in [1.54, 1.807) is 0 Å². The van der Waals surface area contributed by atoms with Crippen LogP contribution in [-0.4, -0.2) is 0 Å². The fourth-order valence-corrected chi connectivity index (χ4v) is 1.55. The monoisotopic (exact) mass is 296 g/mol. The lowest BCUT2D eigenvalue weighted by molar-refractivity contribution is 1.48. The van der Waals surface area contributed by atoms with Gasteiger partial charge in [-0.3, -0.25) is 0 Å². The number of hydrogen-bond donors (Lipinski definition) is 3. The maximum absolute atomic E-state index is 5.43. The van der Waals surface area contributed by atoms with E-state index in [4.69, 9.17) is 11.5 Å². The van der Waals surface area contributed by atoms with Crippen LogP contribution in [0, 0.1) is 0 Å². The van der Waals surface area contributed by atoms with Gasteiger partial charge in [-0.25, -0.2) is 0 Å². The standard InChI is InChI=1S/C6H6BrN.C6H7NS/c7-5-2-1-3-6(8)4-5;7-5-1-3-6(8)4-2-5/h1-4H,8H2;1-4,8H,7H2. The van der Waals surface area contributed by atoms with Crippen molar-refractivity contribution in [2.45, 2.75) is 4.90 Å². The van der Waals surface area contributed by atoms with Gasteiger partial charge < -0.3 is 11.5 Å². The van der Waals surface area contributed by atoms with Gasteiger partial charge in [0.15, 0.2) is 0 Å². The van der Waals surface area contributed by atoms with Gasteiger partial charge in [0.05, 0.1) is 0 Å². The molecule has 2 aromatic rings. The summed E-state index contributed by atoms with van der Waals surface area (Å²) in [5, 5.41) is 0. The summed E-state index contributed by atoms with van der Waals surface area (Å²) < 4.78 is 1.03. The van der Waals surface area contributed by atoms with E-state index in [9.17, 15) is 0 Å².